The van der Waals surface area contributed by atoms with Crippen molar-refractivity contribution in [3.05, 3.63) is 21.3 Å². The van der Waals surface area contributed by atoms with Gasteiger partial charge in [0.1, 0.15) is 12.6 Å². The molecule has 0 radical (unpaired) electrons. The molecular weight excluding hydrogens is 316 g/mol. The number of rotatable bonds is 6. The van der Waals surface area contributed by atoms with Gasteiger partial charge in [-0.25, -0.2) is 0 Å². The van der Waals surface area contributed by atoms with Crippen LogP contribution in [0.5, 0.6) is 0 Å². The number of amides is 3. The fraction of sp³-hybridized carbons (Fsp3) is 0.462. The Morgan fingerprint density at radius 1 is 1.43 bits per heavy atom. The number of methoxy groups -OCH3 is 1. The molecule has 1 N–H and O–H groups in total. The van der Waals surface area contributed by atoms with Crippen LogP contribution in [0.2, 0.25) is 4.34 Å². The number of carbonyl (C=O) groups excluding carboxylic acids is 3. The predicted molar refractivity (Wildman–Crippen MR) is 78.0 cm³/mol. The zero-order chi connectivity index (χ0) is 15.4. The van der Waals surface area contributed by atoms with E-state index in [-0.39, 0.29) is 49.8 Å². The van der Waals surface area contributed by atoms with Gasteiger partial charge in [-0.05, 0) is 12.1 Å². The number of imide groups is 1. The fourth-order valence-corrected chi connectivity index (χ4v) is 3.15. The minimum absolute atomic E-state index is 0.181. The number of hydrogen-bond donors (Lipinski definition) is 1. The monoisotopic (exact) mass is 330 g/mol. The van der Waals surface area contributed by atoms with Crippen LogP contribution in [-0.4, -0.2) is 42.8 Å². The van der Waals surface area contributed by atoms with Crippen molar-refractivity contribution in [1.29, 1.82) is 0 Å². The lowest BCUT2D eigenvalue weighted by atomic mass is 10.3. The van der Waals surface area contributed by atoms with Crippen LogP contribution in [0, 0.1) is 0 Å². The number of likely N-dealkylation sites (tertiary alicyclic amines) is 1. The minimum Gasteiger partial charge on any atom is -0.374 e. The molecule has 1 aromatic rings. The molecule has 1 aliphatic rings. The number of thiophene rings is 1. The summed E-state index contributed by atoms with van der Waals surface area (Å²) in [7, 11) is 1.54. The third-order valence-corrected chi connectivity index (χ3v) is 4.46. The molecule has 0 aliphatic carbocycles. The largest absolute Gasteiger partial charge is 0.374 e. The third kappa shape index (κ3) is 4.03. The van der Waals surface area contributed by atoms with Gasteiger partial charge in [0.25, 0.3) is 0 Å². The zero-order valence-corrected chi connectivity index (χ0v) is 13.0. The number of halogens is 1. The van der Waals surface area contributed by atoms with Gasteiger partial charge >= 0.3 is 0 Å². The molecule has 0 aromatic carbocycles. The van der Waals surface area contributed by atoms with Gasteiger partial charge in [-0.2, -0.15) is 0 Å². The van der Waals surface area contributed by atoms with Crippen LogP contribution < -0.4 is 5.32 Å². The topological polar surface area (TPSA) is 75.7 Å². The molecule has 1 atom stereocenters. The molecule has 0 bridgehead atoms. The lowest BCUT2D eigenvalue weighted by Crippen LogP contribution is -2.41. The average Bonchev–Trinajstić information content (AvgIpc) is 3.00. The third-order valence-electron chi connectivity index (χ3n) is 3.14. The highest BCUT2D eigenvalue weighted by atomic mass is 35.5. The quantitative estimate of drug-likeness (QED) is 0.799. The summed E-state index contributed by atoms with van der Waals surface area (Å²) in [5.41, 5.74) is 0. The highest BCUT2D eigenvalue weighted by molar-refractivity contribution is 7.16. The predicted octanol–water partition coefficient (Wildman–Crippen LogP) is 1.35. The first-order valence-corrected chi connectivity index (χ1v) is 7.58. The van der Waals surface area contributed by atoms with Gasteiger partial charge in [0.15, 0.2) is 0 Å². The Kier molecular flexibility index (Phi) is 5.33. The van der Waals surface area contributed by atoms with Crippen LogP contribution >= 0.6 is 22.9 Å². The first kappa shape index (κ1) is 15.9. The number of nitrogens with zero attached hydrogens (tertiary/aromatic N) is 1. The molecule has 1 aromatic heterocycles. The van der Waals surface area contributed by atoms with Crippen LogP contribution in [0.25, 0.3) is 0 Å². The number of nitrogens with one attached hydrogen (secondary N) is 1. The van der Waals surface area contributed by atoms with Gasteiger partial charge in [-0.3, -0.25) is 19.3 Å². The first-order valence-electron chi connectivity index (χ1n) is 6.39. The second-order valence-electron chi connectivity index (χ2n) is 4.54. The van der Waals surface area contributed by atoms with Crippen LogP contribution in [0.1, 0.15) is 23.8 Å². The Hall–Kier alpha value is -1.44. The molecule has 2 rings (SSSR count). The zero-order valence-electron chi connectivity index (χ0n) is 11.4. The molecule has 0 spiro atoms. The molecule has 0 saturated carbocycles. The van der Waals surface area contributed by atoms with E-state index in [1.54, 1.807) is 6.07 Å². The van der Waals surface area contributed by atoms with Crippen molar-refractivity contribution in [1.82, 2.24) is 10.2 Å². The van der Waals surface area contributed by atoms with Crippen LogP contribution in [0.15, 0.2) is 12.1 Å². The van der Waals surface area contributed by atoms with E-state index in [1.807, 2.05) is 6.07 Å². The summed E-state index contributed by atoms with van der Waals surface area (Å²) in [5, 5.41) is 2.66. The van der Waals surface area contributed by atoms with Crippen LogP contribution in [0.3, 0.4) is 0 Å². The molecule has 3 amide bonds. The van der Waals surface area contributed by atoms with Gasteiger partial charge < -0.3 is 10.1 Å². The Morgan fingerprint density at radius 3 is 2.62 bits per heavy atom. The maximum absolute atomic E-state index is 11.8. The maximum Gasteiger partial charge on any atom is 0.240 e. The highest BCUT2D eigenvalue weighted by Crippen LogP contribution is 2.28. The molecule has 0 unspecified atom stereocenters. The van der Waals surface area contributed by atoms with Gasteiger partial charge in [-0.15, -0.1) is 11.3 Å². The number of carbonyl (C=O) groups is 3. The van der Waals surface area contributed by atoms with Crippen LogP contribution in [-0.2, 0) is 19.1 Å². The molecule has 1 aliphatic heterocycles. The number of hydrogen-bond acceptors (Lipinski definition) is 5. The van der Waals surface area contributed by atoms with Crippen molar-refractivity contribution < 1.29 is 19.1 Å². The number of ether oxygens (including phenoxy) is 1. The van der Waals surface area contributed by atoms with E-state index < -0.39 is 0 Å². The molecule has 21 heavy (non-hydrogen) atoms. The lowest BCUT2D eigenvalue weighted by Gasteiger charge is -2.17. The molecular formula is C13H15ClN2O4S. The van der Waals surface area contributed by atoms with E-state index in [1.165, 1.54) is 18.4 Å². The summed E-state index contributed by atoms with van der Waals surface area (Å²) in [6.07, 6.45) is 0.0533. The van der Waals surface area contributed by atoms with Gasteiger partial charge in [-0.1, -0.05) is 11.6 Å². The van der Waals surface area contributed by atoms with E-state index in [2.05, 4.69) is 5.32 Å². The molecule has 114 valence electrons. The van der Waals surface area contributed by atoms with E-state index in [4.69, 9.17) is 16.3 Å². The lowest BCUT2D eigenvalue weighted by molar-refractivity contribution is -0.142. The van der Waals surface area contributed by atoms with Crippen molar-refractivity contribution in [3.63, 3.8) is 0 Å². The Bertz CT molecular complexity index is 544. The van der Waals surface area contributed by atoms with E-state index >= 15 is 0 Å². The second kappa shape index (κ2) is 7.02. The van der Waals surface area contributed by atoms with Crippen molar-refractivity contribution in [2.24, 2.45) is 0 Å². The molecule has 6 nitrogen and oxygen atoms in total. The van der Waals surface area contributed by atoms with Gasteiger partial charge in [0.05, 0.1) is 4.34 Å². The standard InChI is InChI=1S/C13H15ClN2O4S/c1-20-8(9-2-3-10(14)21-9)6-15-11(17)7-16-12(18)4-5-13(16)19/h2-3,8H,4-7H2,1H3,(H,15,17)/t8-/m0/s1. The summed E-state index contributed by atoms with van der Waals surface area (Å²) in [4.78, 5) is 36.5. The summed E-state index contributed by atoms with van der Waals surface area (Å²) < 4.78 is 5.95. The van der Waals surface area contributed by atoms with Crippen molar-refractivity contribution in [2.45, 2.75) is 18.9 Å². The summed E-state index contributed by atoms with van der Waals surface area (Å²) in [5.74, 6) is -0.990. The van der Waals surface area contributed by atoms with Crippen molar-refractivity contribution in [3.8, 4) is 0 Å². The Labute approximate surface area is 131 Å². The normalized spacial score (nSPS) is 16.4. The summed E-state index contributed by atoms with van der Waals surface area (Å²) in [6, 6.07) is 3.60. The van der Waals surface area contributed by atoms with Gasteiger partial charge in [0.2, 0.25) is 17.7 Å². The molecule has 2 heterocycles. The smallest absolute Gasteiger partial charge is 0.240 e. The van der Waals surface area contributed by atoms with E-state index in [9.17, 15) is 14.4 Å². The highest BCUT2D eigenvalue weighted by Gasteiger charge is 2.30. The molecule has 8 heteroatoms. The van der Waals surface area contributed by atoms with Crippen LogP contribution in [0.4, 0.5) is 0 Å². The fourth-order valence-electron chi connectivity index (χ4n) is 2.01. The average molecular weight is 331 g/mol. The maximum atomic E-state index is 11.8. The van der Waals surface area contributed by atoms with Crippen molar-refractivity contribution >= 4 is 40.7 Å². The van der Waals surface area contributed by atoms with E-state index in [0.717, 1.165) is 9.78 Å². The van der Waals surface area contributed by atoms with Gasteiger partial charge in [0, 0.05) is 31.4 Å². The summed E-state index contributed by atoms with van der Waals surface area (Å²) in [6.45, 7) is 0.0156. The Balaban J connectivity index is 1.85. The van der Waals surface area contributed by atoms with Crippen molar-refractivity contribution in [2.75, 3.05) is 20.2 Å². The SMILES string of the molecule is CO[C@@H](CNC(=O)CN1C(=O)CCC1=O)c1ccc(Cl)s1. The summed E-state index contributed by atoms with van der Waals surface area (Å²) >= 11 is 7.24. The first-order chi connectivity index (χ1) is 10.0. The molecule has 1 fully saturated rings. The minimum atomic E-state index is -0.386. The van der Waals surface area contributed by atoms with E-state index in [0.29, 0.717) is 4.34 Å². The second-order valence-corrected chi connectivity index (χ2v) is 6.29. The molecule has 1 saturated heterocycles. The Morgan fingerprint density at radius 2 is 2.10 bits per heavy atom.